The van der Waals surface area contributed by atoms with E-state index in [1.807, 2.05) is 36.2 Å². The van der Waals surface area contributed by atoms with Gasteiger partial charge in [-0.2, -0.15) is 0 Å². The lowest BCUT2D eigenvalue weighted by Gasteiger charge is -2.33. The van der Waals surface area contributed by atoms with Crippen LogP contribution in [0, 0.1) is 0 Å². The Labute approximate surface area is 123 Å². The van der Waals surface area contributed by atoms with Crippen molar-refractivity contribution >= 4 is 21.8 Å². The van der Waals surface area contributed by atoms with E-state index in [1.165, 1.54) is 0 Å². The van der Waals surface area contributed by atoms with Gasteiger partial charge < -0.3 is 10.6 Å². The predicted octanol–water partition coefficient (Wildman–Crippen LogP) is 2.72. The molecule has 2 N–H and O–H groups in total. The Morgan fingerprint density at radius 3 is 2.68 bits per heavy atom. The van der Waals surface area contributed by atoms with Gasteiger partial charge in [0.1, 0.15) is 0 Å². The number of hydrogen-bond donors (Lipinski definition) is 1. The number of amides is 1. The second-order valence-electron chi connectivity index (χ2n) is 5.38. The molecular formula is C15H21BrN2O. The molecule has 1 aliphatic carbocycles. The lowest BCUT2D eigenvalue weighted by atomic mass is 9.91. The molecule has 0 bridgehead atoms. The summed E-state index contributed by atoms with van der Waals surface area (Å²) in [6, 6.07) is 8.62. The fourth-order valence-corrected chi connectivity index (χ4v) is 3.09. The molecule has 1 saturated carbocycles. The zero-order valence-corrected chi connectivity index (χ0v) is 12.9. The van der Waals surface area contributed by atoms with Gasteiger partial charge in [-0.3, -0.25) is 4.79 Å². The number of nitrogens with two attached hydrogens (primary N) is 1. The predicted molar refractivity (Wildman–Crippen MR) is 80.8 cm³/mol. The third kappa shape index (κ3) is 4.05. The molecule has 4 heteroatoms. The van der Waals surface area contributed by atoms with Crippen molar-refractivity contribution in [3.63, 3.8) is 0 Å². The van der Waals surface area contributed by atoms with Crippen LogP contribution in [0.2, 0.25) is 0 Å². The van der Waals surface area contributed by atoms with Crippen LogP contribution in [-0.4, -0.2) is 29.9 Å². The zero-order chi connectivity index (χ0) is 13.8. The topological polar surface area (TPSA) is 46.3 Å². The molecule has 0 atom stereocenters. The van der Waals surface area contributed by atoms with Crippen LogP contribution in [0.5, 0.6) is 0 Å². The first kappa shape index (κ1) is 14.5. The highest BCUT2D eigenvalue weighted by Crippen LogP contribution is 2.22. The molecule has 1 amide bonds. The van der Waals surface area contributed by atoms with Gasteiger partial charge in [-0.05, 0) is 43.4 Å². The molecule has 104 valence electrons. The average molecular weight is 325 g/mol. The first-order valence-electron chi connectivity index (χ1n) is 6.82. The van der Waals surface area contributed by atoms with Gasteiger partial charge in [0.2, 0.25) is 5.91 Å². The van der Waals surface area contributed by atoms with Gasteiger partial charge in [-0.1, -0.05) is 28.1 Å². The molecule has 0 spiro atoms. The van der Waals surface area contributed by atoms with Crippen molar-refractivity contribution in [3.05, 3.63) is 34.3 Å². The maximum Gasteiger partial charge on any atom is 0.226 e. The largest absolute Gasteiger partial charge is 0.342 e. The summed E-state index contributed by atoms with van der Waals surface area (Å²) in [5, 5.41) is 0. The van der Waals surface area contributed by atoms with Crippen molar-refractivity contribution in [1.29, 1.82) is 0 Å². The summed E-state index contributed by atoms with van der Waals surface area (Å²) in [4.78, 5) is 14.2. The minimum atomic E-state index is 0.193. The van der Waals surface area contributed by atoms with E-state index < -0.39 is 0 Å². The van der Waals surface area contributed by atoms with E-state index in [-0.39, 0.29) is 5.91 Å². The van der Waals surface area contributed by atoms with E-state index >= 15 is 0 Å². The van der Waals surface area contributed by atoms with Crippen molar-refractivity contribution in [2.75, 3.05) is 7.05 Å². The highest BCUT2D eigenvalue weighted by atomic mass is 79.9. The molecule has 3 nitrogen and oxygen atoms in total. The lowest BCUT2D eigenvalue weighted by Crippen LogP contribution is -2.42. The molecule has 0 heterocycles. The third-order valence-electron chi connectivity index (χ3n) is 3.93. The number of rotatable bonds is 3. The van der Waals surface area contributed by atoms with Crippen LogP contribution >= 0.6 is 15.9 Å². The Bertz CT molecular complexity index is 442. The van der Waals surface area contributed by atoms with Crippen LogP contribution in [0.1, 0.15) is 31.2 Å². The highest BCUT2D eigenvalue weighted by molar-refractivity contribution is 9.10. The SMILES string of the molecule is CN(C(=O)Cc1cccc(Br)c1)C1CCC(N)CC1. The number of nitrogens with zero attached hydrogens (tertiary/aromatic N) is 1. The van der Waals surface area contributed by atoms with Gasteiger partial charge in [-0.15, -0.1) is 0 Å². The Morgan fingerprint density at radius 2 is 2.05 bits per heavy atom. The standard InChI is InChI=1S/C15H21BrN2O/c1-18(14-7-5-13(17)6-8-14)15(19)10-11-3-2-4-12(16)9-11/h2-4,9,13-14H,5-8,10,17H2,1H3. The normalized spacial score (nSPS) is 23.1. The maximum atomic E-state index is 12.3. The van der Waals surface area contributed by atoms with Crippen molar-refractivity contribution in [2.45, 2.75) is 44.2 Å². The van der Waals surface area contributed by atoms with Crippen LogP contribution in [0.3, 0.4) is 0 Å². The number of likely N-dealkylation sites (N-methyl/N-ethyl adjacent to an activating group) is 1. The lowest BCUT2D eigenvalue weighted by molar-refractivity contribution is -0.131. The van der Waals surface area contributed by atoms with Crippen LogP contribution in [0.4, 0.5) is 0 Å². The van der Waals surface area contributed by atoms with E-state index in [0.29, 0.717) is 18.5 Å². The van der Waals surface area contributed by atoms with Gasteiger partial charge in [0.15, 0.2) is 0 Å². The Balaban J connectivity index is 1.92. The monoisotopic (exact) mass is 324 g/mol. The summed E-state index contributed by atoms with van der Waals surface area (Å²) < 4.78 is 1.02. The van der Waals surface area contributed by atoms with Gasteiger partial charge in [0, 0.05) is 23.6 Å². The molecule has 0 saturated heterocycles. The van der Waals surface area contributed by atoms with Gasteiger partial charge in [-0.25, -0.2) is 0 Å². The Hall–Kier alpha value is -0.870. The number of carbonyl (C=O) groups is 1. The minimum absolute atomic E-state index is 0.193. The van der Waals surface area contributed by atoms with Crippen LogP contribution < -0.4 is 5.73 Å². The zero-order valence-electron chi connectivity index (χ0n) is 11.3. The van der Waals surface area contributed by atoms with Crippen molar-refractivity contribution in [1.82, 2.24) is 4.90 Å². The summed E-state index contributed by atoms with van der Waals surface area (Å²) in [5.74, 6) is 0.193. The second kappa shape index (κ2) is 6.53. The molecule has 1 aliphatic rings. The van der Waals surface area contributed by atoms with E-state index in [2.05, 4.69) is 15.9 Å². The molecule has 1 aromatic carbocycles. The number of carbonyl (C=O) groups excluding carboxylic acids is 1. The summed E-state index contributed by atoms with van der Waals surface area (Å²) in [6.45, 7) is 0. The quantitative estimate of drug-likeness (QED) is 0.929. The average Bonchev–Trinajstić information content (AvgIpc) is 2.39. The molecular weight excluding hydrogens is 304 g/mol. The fourth-order valence-electron chi connectivity index (χ4n) is 2.64. The van der Waals surface area contributed by atoms with E-state index in [0.717, 1.165) is 35.7 Å². The molecule has 0 aromatic heterocycles. The first-order valence-corrected chi connectivity index (χ1v) is 7.61. The van der Waals surface area contributed by atoms with E-state index in [1.54, 1.807) is 0 Å². The third-order valence-corrected chi connectivity index (χ3v) is 4.42. The van der Waals surface area contributed by atoms with E-state index in [4.69, 9.17) is 5.73 Å². The number of halogens is 1. The smallest absolute Gasteiger partial charge is 0.226 e. The number of benzene rings is 1. The number of hydrogen-bond acceptors (Lipinski definition) is 2. The molecule has 2 rings (SSSR count). The molecule has 0 aliphatic heterocycles. The second-order valence-corrected chi connectivity index (χ2v) is 6.30. The van der Waals surface area contributed by atoms with Gasteiger partial charge in [0.05, 0.1) is 6.42 Å². The Morgan fingerprint density at radius 1 is 1.37 bits per heavy atom. The van der Waals surface area contributed by atoms with E-state index in [9.17, 15) is 4.79 Å². The van der Waals surface area contributed by atoms with Crippen molar-refractivity contribution in [3.8, 4) is 0 Å². The molecule has 1 fully saturated rings. The van der Waals surface area contributed by atoms with Crippen LogP contribution in [0.15, 0.2) is 28.7 Å². The molecule has 19 heavy (non-hydrogen) atoms. The van der Waals surface area contributed by atoms with Gasteiger partial charge in [0.25, 0.3) is 0 Å². The minimum Gasteiger partial charge on any atom is -0.342 e. The Kier molecular flexibility index (Phi) is 4.99. The van der Waals surface area contributed by atoms with Crippen LogP contribution in [-0.2, 0) is 11.2 Å². The molecule has 1 aromatic rings. The first-order chi connectivity index (χ1) is 9.06. The van der Waals surface area contributed by atoms with Gasteiger partial charge >= 0.3 is 0 Å². The maximum absolute atomic E-state index is 12.3. The van der Waals surface area contributed by atoms with Crippen LogP contribution in [0.25, 0.3) is 0 Å². The van der Waals surface area contributed by atoms with Crippen molar-refractivity contribution < 1.29 is 4.79 Å². The highest BCUT2D eigenvalue weighted by Gasteiger charge is 2.24. The molecule has 0 radical (unpaired) electrons. The molecule has 0 unspecified atom stereocenters. The summed E-state index contributed by atoms with van der Waals surface area (Å²) >= 11 is 3.43. The summed E-state index contributed by atoms with van der Waals surface area (Å²) in [6.07, 6.45) is 4.58. The summed E-state index contributed by atoms with van der Waals surface area (Å²) in [7, 11) is 1.92. The fraction of sp³-hybridized carbons (Fsp3) is 0.533. The van der Waals surface area contributed by atoms with Crippen molar-refractivity contribution in [2.24, 2.45) is 5.73 Å². The summed E-state index contributed by atoms with van der Waals surface area (Å²) in [5.41, 5.74) is 6.96.